The van der Waals surface area contributed by atoms with Crippen LogP contribution in [0.1, 0.15) is 24.3 Å². The molecule has 0 unspecified atom stereocenters. The first-order chi connectivity index (χ1) is 12.2. The topological polar surface area (TPSA) is 72.9 Å². The number of nitrogens with two attached hydrogens (primary N) is 1. The van der Waals surface area contributed by atoms with Gasteiger partial charge in [-0.05, 0) is 48.6 Å². The summed E-state index contributed by atoms with van der Waals surface area (Å²) in [5.74, 6) is 1.16. The van der Waals surface area contributed by atoms with Gasteiger partial charge in [-0.25, -0.2) is 4.79 Å². The van der Waals surface area contributed by atoms with Crippen molar-refractivity contribution >= 4 is 28.3 Å². The molecule has 5 nitrogen and oxygen atoms in total. The summed E-state index contributed by atoms with van der Waals surface area (Å²) < 4.78 is 1.59. The molecule has 0 amide bonds. The van der Waals surface area contributed by atoms with Gasteiger partial charge in [-0.15, -0.1) is 0 Å². The molecule has 3 aromatic rings. The molecule has 0 radical (unpaired) electrons. The third-order valence-corrected chi connectivity index (χ3v) is 4.82. The minimum Gasteiger partial charge on any atom is -0.368 e. The number of nitrogens with zero attached hydrogens (tertiary/aromatic N) is 2. The van der Waals surface area contributed by atoms with Crippen LogP contribution in [0.15, 0.2) is 47.3 Å². The van der Waals surface area contributed by atoms with Gasteiger partial charge in [0.25, 0.3) is 0 Å². The van der Waals surface area contributed by atoms with E-state index in [9.17, 15) is 4.79 Å². The molecule has 4 rings (SSSR count). The van der Waals surface area contributed by atoms with Gasteiger partial charge in [-0.1, -0.05) is 29.8 Å². The van der Waals surface area contributed by atoms with Crippen LogP contribution in [0, 0.1) is 0 Å². The highest BCUT2D eigenvalue weighted by Crippen LogP contribution is 2.41. The minimum atomic E-state index is -0.354. The average Bonchev–Trinajstić information content (AvgIpc) is 3.45. The zero-order chi connectivity index (χ0) is 17.4. The van der Waals surface area contributed by atoms with Crippen LogP contribution in [-0.2, 0) is 0 Å². The number of anilines is 1. The van der Waals surface area contributed by atoms with Gasteiger partial charge < -0.3 is 11.1 Å². The number of hydrogen-bond donors (Lipinski definition) is 2. The van der Waals surface area contributed by atoms with E-state index in [4.69, 9.17) is 17.3 Å². The maximum absolute atomic E-state index is 12.8. The Balaban J connectivity index is 2.00. The molecule has 0 atom stereocenters. The zero-order valence-electron chi connectivity index (χ0n) is 13.7. The summed E-state index contributed by atoms with van der Waals surface area (Å²) in [5, 5.41) is 4.56. The third-order valence-electron chi connectivity index (χ3n) is 4.50. The Morgan fingerprint density at radius 3 is 2.76 bits per heavy atom. The van der Waals surface area contributed by atoms with E-state index in [2.05, 4.69) is 22.4 Å². The molecule has 3 N–H and O–H groups in total. The lowest BCUT2D eigenvalue weighted by Gasteiger charge is -2.15. The molecule has 2 aromatic carbocycles. The smallest absolute Gasteiger partial charge is 0.354 e. The van der Waals surface area contributed by atoms with Crippen molar-refractivity contribution < 1.29 is 0 Å². The Labute approximate surface area is 150 Å². The molecule has 0 aliphatic heterocycles. The summed E-state index contributed by atoms with van der Waals surface area (Å²) in [6.45, 7) is 1.03. The second-order valence-corrected chi connectivity index (χ2v) is 6.70. The Morgan fingerprint density at radius 2 is 2.04 bits per heavy atom. The Kier molecular flexibility index (Phi) is 4.19. The number of rotatable bonds is 5. The van der Waals surface area contributed by atoms with Gasteiger partial charge in [0.05, 0.1) is 16.2 Å². The molecule has 0 saturated heterocycles. The molecule has 1 aromatic heterocycles. The average molecular weight is 355 g/mol. The number of aromatic nitrogens is 2. The van der Waals surface area contributed by atoms with Crippen LogP contribution >= 0.6 is 11.6 Å². The van der Waals surface area contributed by atoms with E-state index in [-0.39, 0.29) is 5.69 Å². The molecule has 25 heavy (non-hydrogen) atoms. The molecule has 1 heterocycles. The van der Waals surface area contributed by atoms with Gasteiger partial charge >= 0.3 is 5.69 Å². The number of benzene rings is 2. The molecular formula is C19H19ClN4O. The molecule has 0 spiro atoms. The van der Waals surface area contributed by atoms with Crippen molar-refractivity contribution in [3.05, 3.63) is 63.5 Å². The van der Waals surface area contributed by atoms with Crippen molar-refractivity contribution in [2.24, 2.45) is 5.73 Å². The lowest BCUT2D eigenvalue weighted by atomic mass is 10.1. The second kappa shape index (κ2) is 6.50. The van der Waals surface area contributed by atoms with Gasteiger partial charge in [0.15, 0.2) is 0 Å². The van der Waals surface area contributed by atoms with Gasteiger partial charge in [0, 0.05) is 18.5 Å². The van der Waals surface area contributed by atoms with Crippen molar-refractivity contribution in [1.82, 2.24) is 9.55 Å². The molecule has 6 heteroatoms. The standard InChI is InChI=1S/C19H19ClN4O/c20-15-3-1-2-4-16(15)24-17-11-13(12-5-6-12)7-8-14(17)18(22-10-9-21)23-19(24)25/h1-4,7-8,11-12H,5-6,9-10,21H2,(H,22,23,25). The molecule has 1 fully saturated rings. The fourth-order valence-electron chi connectivity index (χ4n) is 3.10. The Morgan fingerprint density at radius 1 is 1.24 bits per heavy atom. The monoisotopic (exact) mass is 354 g/mol. The number of halogens is 1. The normalized spacial score (nSPS) is 14.0. The molecular weight excluding hydrogens is 336 g/mol. The zero-order valence-corrected chi connectivity index (χ0v) is 14.5. The number of fused-ring (bicyclic) bond motifs is 1. The largest absolute Gasteiger partial charge is 0.368 e. The third kappa shape index (κ3) is 3.01. The Bertz CT molecular complexity index is 994. The van der Waals surface area contributed by atoms with Crippen LogP contribution in [0.25, 0.3) is 16.6 Å². The predicted octanol–water partition coefficient (Wildman–Crippen LogP) is 3.29. The highest BCUT2D eigenvalue weighted by atomic mass is 35.5. The summed E-state index contributed by atoms with van der Waals surface area (Å²) in [6, 6.07) is 13.6. The van der Waals surface area contributed by atoms with E-state index in [0.717, 1.165) is 10.9 Å². The van der Waals surface area contributed by atoms with Crippen LogP contribution in [0.5, 0.6) is 0 Å². The van der Waals surface area contributed by atoms with E-state index in [1.165, 1.54) is 18.4 Å². The van der Waals surface area contributed by atoms with Gasteiger partial charge in [0.2, 0.25) is 0 Å². The number of hydrogen-bond acceptors (Lipinski definition) is 4. The van der Waals surface area contributed by atoms with Crippen LogP contribution in [0.4, 0.5) is 5.82 Å². The highest BCUT2D eigenvalue weighted by Gasteiger charge is 2.24. The predicted molar refractivity (Wildman–Crippen MR) is 102 cm³/mol. The second-order valence-electron chi connectivity index (χ2n) is 6.30. The lowest BCUT2D eigenvalue weighted by Crippen LogP contribution is -2.25. The molecule has 1 aliphatic rings. The first-order valence-corrected chi connectivity index (χ1v) is 8.82. The van der Waals surface area contributed by atoms with Crippen LogP contribution in [0.2, 0.25) is 5.02 Å². The van der Waals surface area contributed by atoms with Crippen LogP contribution in [-0.4, -0.2) is 22.6 Å². The summed E-state index contributed by atoms with van der Waals surface area (Å²) >= 11 is 6.35. The van der Waals surface area contributed by atoms with E-state index < -0.39 is 0 Å². The Hall–Kier alpha value is -2.37. The first-order valence-electron chi connectivity index (χ1n) is 8.44. The SMILES string of the molecule is NCCNc1nc(=O)n(-c2ccccc2Cl)c2cc(C3CC3)ccc12. The van der Waals surface area contributed by atoms with Crippen molar-refractivity contribution in [2.75, 3.05) is 18.4 Å². The fraction of sp³-hybridized carbons (Fsp3) is 0.263. The van der Waals surface area contributed by atoms with Gasteiger partial charge in [0.1, 0.15) is 5.82 Å². The van der Waals surface area contributed by atoms with Crippen molar-refractivity contribution in [3.63, 3.8) is 0 Å². The summed E-state index contributed by atoms with van der Waals surface area (Å²) in [5.41, 5.74) is 7.94. The van der Waals surface area contributed by atoms with E-state index >= 15 is 0 Å². The van der Waals surface area contributed by atoms with Gasteiger partial charge in [-0.2, -0.15) is 4.98 Å². The molecule has 1 aliphatic carbocycles. The van der Waals surface area contributed by atoms with E-state index in [0.29, 0.717) is 35.5 Å². The van der Waals surface area contributed by atoms with Gasteiger partial charge in [-0.3, -0.25) is 4.57 Å². The quantitative estimate of drug-likeness (QED) is 0.737. The van der Waals surface area contributed by atoms with E-state index in [1.807, 2.05) is 24.3 Å². The fourth-order valence-corrected chi connectivity index (χ4v) is 3.32. The van der Waals surface area contributed by atoms with Crippen LogP contribution in [0.3, 0.4) is 0 Å². The highest BCUT2D eigenvalue weighted by molar-refractivity contribution is 6.32. The summed E-state index contributed by atoms with van der Waals surface area (Å²) in [4.78, 5) is 17.0. The van der Waals surface area contributed by atoms with Crippen molar-refractivity contribution in [3.8, 4) is 5.69 Å². The van der Waals surface area contributed by atoms with E-state index in [1.54, 1.807) is 10.6 Å². The molecule has 128 valence electrons. The first kappa shape index (κ1) is 16.1. The molecule has 0 bridgehead atoms. The lowest BCUT2D eigenvalue weighted by molar-refractivity contribution is 0.942. The van der Waals surface area contributed by atoms with Crippen molar-refractivity contribution in [1.29, 1.82) is 0 Å². The molecule has 1 saturated carbocycles. The minimum absolute atomic E-state index is 0.354. The maximum Gasteiger partial charge on any atom is 0.354 e. The summed E-state index contributed by atoms with van der Waals surface area (Å²) in [7, 11) is 0. The number of nitrogens with one attached hydrogen (secondary N) is 1. The summed E-state index contributed by atoms with van der Waals surface area (Å²) in [6.07, 6.45) is 2.40. The van der Waals surface area contributed by atoms with Crippen LogP contribution < -0.4 is 16.7 Å². The van der Waals surface area contributed by atoms with Crippen molar-refractivity contribution in [2.45, 2.75) is 18.8 Å². The number of para-hydroxylation sites is 1. The maximum atomic E-state index is 12.8.